The number of fused-ring (bicyclic) bond motifs is 1. The summed E-state index contributed by atoms with van der Waals surface area (Å²) in [5, 5.41) is 0.867. The lowest BCUT2D eigenvalue weighted by Crippen LogP contribution is -2.51. The average Bonchev–Trinajstić information content (AvgIpc) is 3.22. The van der Waals surface area contributed by atoms with Crippen LogP contribution >= 0.6 is 11.8 Å². The van der Waals surface area contributed by atoms with Crippen LogP contribution in [0.4, 0.5) is 0 Å². The number of amides is 1. The summed E-state index contributed by atoms with van der Waals surface area (Å²) in [5.41, 5.74) is 0.990. The third kappa shape index (κ3) is 3.08. The molecule has 0 unspecified atom stereocenters. The zero-order valence-electron chi connectivity index (χ0n) is 13.8. The van der Waals surface area contributed by atoms with Crippen LogP contribution in [0, 0.1) is 0 Å². The SMILES string of the molecule is COc1ccc(/C=C2/SC(N3CCN4CCC[C@H]4C3)=NC2=O)cc1. The van der Waals surface area contributed by atoms with E-state index in [1.54, 1.807) is 7.11 Å². The predicted molar refractivity (Wildman–Crippen MR) is 97.2 cm³/mol. The second-order valence-corrected chi connectivity index (χ2v) is 7.37. The van der Waals surface area contributed by atoms with Crippen LogP contribution in [-0.2, 0) is 4.79 Å². The molecule has 4 rings (SSSR count). The number of thioether (sulfide) groups is 1. The molecule has 3 heterocycles. The molecule has 5 nitrogen and oxygen atoms in total. The van der Waals surface area contributed by atoms with E-state index in [2.05, 4.69) is 14.8 Å². The Morgan fingerprint density at radius 1 is 1.25 bits per heavy atom. The van der Waals surface area contributed by atoms with Crippen LogP contribution in [0.15, 0.2) is 34.2 Å². The summed E-state index contributed by atoms with van der Waals surface area (Å²) in [6.07, 6.45) is 4.46. The second kappa shape index (κ2) is 6.61. The highest BCUT2D eigenvalue weighted by atomic mass is 32.2. The average molecular weight is 343 g/mol. The zero-order valence-corrected chi connectivity index (χ0v) is 14.6. The van der Waals surface area contributed by atoms with Gasteiger partial charge in [0.05, 0.1) is 12.0 Å². The maximum absolute atomic E-state index is 12.2. The molecule has 1 aromatic carbocycles. The summed E-state index contributed by atoms with van der Waals surface area (Å²) in [7, 11) is 1.65. The van der Waals surface area contributed by atoms with E-state index in [1.165, 1.54) is 31.1 Å². The fraction of sp³-hybridized carbons (Fsp3) is 0.444. The molecule has 3 aliphatic rings. The van der Waals surface area contributed by atoms with E-state index in [4.69, 9.17) is 4.74 Å². The van der Waals surface area contributed by atoms with Crippen molar-refractivity contribution >= 4 is 28.9 Å². The smallest absolute Gasteiger partial charge is 0.286 e. The molecule has 0 saturated carbocycles. The molecule has 1 atom stereocenters. The minimum atomic E-state index is -0.125. The Kier molecular flexibility index (Phi) is 4.33. The van der Waals surface area contributed by atoms with Crippen LogP contribution in [0.5, 0.6) is 5.75 Å². The highest BCUT2D eigenvalue weighted by Gasteiger charge is 2.34. The molecule has 2 fully saturated rings. The maximum atomic E-state index is 12.2. The van der Waals surface area contributed by atoms with Gasteiger partial charge in [0.15, 0.2) is 5.17 Å². The van der Waals surface area contributed by atoms with Crippen LogP contribution < -0.4 is 4.74 Å². The number of aliphatic imine (C=N–C) groups is 1. The number of carbonyl (C=O) groups excluding carboxylic acids is 1. The van der Waals surface area contributed by atoms with Crippen molar-refractivity contribution in [3.8, 4) is 5.75 Å². The van der Waals surface area contributed by atoms with Gasteiger partial charge in [-0.1, -0.05) is 12.1 Å². The fourth-order valence-corrected chi connectivity index (χ4v) is 4.50. The molecule has 0 radical (unpaired) electrons. The van der Waals surface area contributed by atoms with Crippen LogP contribution in [0.1, 0.15) is 18.4 Å². The van der Waals surface area contributed by atoms with Gasteiger partial charge in [0.1, 0.15) is 5.75 Å². The topological polar surface area (TPSA) is 45.1 Å². The lowest BCUT2D eigenvalue weighted by molar-refractivity contribution is -0.113. The third-order valence-corrected chi connectivity index (χ3v) is 5.93. The Hall–Kier alpha value is -1.79. The molecule has 24 heavy (non-hydrogen) atoms. The Morgan fingerprint density at radius 3 is 2.88 bits per heavy atom. The number of nitrogens with zero attached hydrogens (tertiary/aromatic N) is 3. The van der Waals surface area contributed by atoms with Crippen molar-refractivity contribution in [3.05, 3.63) is 34.7 Å². The molecule has 1 amide bonds. The van der Waals surface area contributed by atoms with Gasteiger partial charge in [-0.2, -0.15) is 4.99 Å². The molecule has 6 heteroatoms. The minimum absolute atomic E-state index is 0.125. The number of hydrogen-bond acceptors (Lipinski definition) is 5. The molecule has 0 N–H and O–H groups in total. The van der Waals surface area contributed by atoms with Gasteiger partial charge in [-0.3, -0.25) is 9.69 Å². The summed E-state index contributed by atoms with van der Waals surface area (Å²) >= 11 is 1.50. The van der Waals surface area contributed by atoms with Gasteiger partial charge >= 0.3 is 0 Å². The third-order valence-electron chi connectivity index (χ3n) is 4.88. The van der Waals surface area contributed by atoms with Crippen LogP contribution in [0.3, 0.4) is 0 Å². The standard InChI is InChI=1S/C18H21N3O2S/c1-23-15-6-4-13(5-7-15)11-16-17(22)19-18(24-16)21-10-9-20-8-2-3-14(20)12-21/h4-7,11,14H,2-3,8-10,12H2,1H3/b16-11+/t14-/m0/s1. The number of hydrogen-bond donors (Lipinski definition) is 0. The van der Waals surface area contributed by atoms with Crippen molar-refractivity contribution in [2.45, 2.75) is 18.9 Å². The molecule has 3 aliphatic heterocycles. The molecule has 0 spiro atoms. The second-order valence-electron chi connectivity index (χ2n) is 6.36. The van der Waals surface area contributed by atoms with Crippen molar-refractivity contribution in [2.75, 3.05) is 33.3 Å². The van der Waals surface area contributed by atoms with E-state index < -0.39 is 0 Å². The van der Waals surface area contributed by atoms with Gasteiger partial charge < -0.3 is 9.64 Å². The quantitative estimate of drug-likeness (QED) is 0.772. The van der Waals surface area contributed by atoms with E-state index in [0.29, 0.717) is 10.9 Å². The Bertz CT molecular complexity index is 699. The summed E-state index contributed by atoms with van der Waals surface area (Å²) < 4.78 is 5.16. The summed E-state index contributed by atoms with van der Waals surface area (Å²) in [6.45, 7) is 4.26. The van der Waals surface area contributed by atoms with Crippen LogP contribution in [0.2, 0.25) is 0 Å². The van der Waals surface area contributed by atoms with E-state index in [9.17, 15) is 4.79 Å². The van der Waals surface area contributed by atoms with E-state index in [1.807, 2.05) is 30.3 Å². The Labute approximate surface area is 146 Å². The molecule has 0 bridgehead atoms. The summed E-state index contributed by atoms with van der Waals surface area (Å²) in [6, 6.07) is 8.34. The molecule has 126 valence electrons. The fourth-order valence-electron chi connectivity index (χ4n) is 3.55. The van der Waals surface area contributed by atoms with Crippen molar-refractivity contribution in [3.63, 3.8) is 0 Å². The van der Waals surface area contributed by atoms with Gasteiger partial charge in [0.2, 0.25) is 0 Å². The normalized spacial score (nSPS) is 26.0. The predicted octanol–water partition coefficient (Wildman–Crippen LogP) is 2.45. The number of benzene rings is 1. The number of piperazine rings is 1. The largest absolute Gasteiger partial charge is 0.497 e. The van der Waals surface area contributed by atoms with Gasteiger partial charge in [0.25, 0.3) is 5.91 Å². The highest BCUT2D eigenvalue weighted by Crippen LogP contribution is 2.32. The first kappa shape index (κ1) is 15.7. The lowest BCUT2D eigenvalue weighted by Gasteiger charge is -2.38. The molecule has 2 saturated heterocycles. The Morgan fingerprint density at radius 2 is 2.08 bits per heavy atom. The number of methoxy groups -OCH3 is 1. The molecule has 0 aromatic heterocycles. The first-order valence-corrected chi connectivity index (χ1v) is 9.20. The van der Waals surface area contributed by atoms with Gasteiger partial charge in [-0.05, 0) is 54.9 Å². The van der Waals surface area contributed by atoms with Crippen molar-refractivity contribution in [2.24, 2.45) is 4.99 Å². The molecular weight excluding hydrogens is 322 g/mol. The number of amidine groups is 1. The first-order chi connectivity index (χ1) is 11.7. The summed E-state index contributed by atoms with van der Waals surface area (Å²) in [5.74, 6) is 0.689. The Balaban J connectivity index is 1.45. The van der Waals surface area contributed by atoms with E-state index in [-0.39, 0.29) is 5.91 Å². The van der Waals surface area contributed by atoms with Crippen molar-refractivity contribution in [1.82, 2.24) is 9.80 Å². The summed E-state index contributed by atoms with van der Waals surface area (Å²) in [4.78, 5) is 22.1. The zero-order chi connectivity index (χ0) is 16.5. The van der Waals surface area contributed by atoms with Crippen molar-refractivity contribution < 1.29 is 9.53 Å². The van der Waals surface area contributed by atoms with Gasteiger partial charge in [0, 0.05) is 25.7 Å². The monoisotopic (exact) mass is 343 g/mol. The lowest BCUT2D eigenvalue weighted by atomic mass is 10.2. The number of rotatable bonds is 2. The molecular formula is C18H21N3O2S. The van der Waals surface area contributed by atoms with E-state index >= 15 is 0 Å². The first-order valence-electron chi connectivity index (χ1n) is 8.38. The highest BCUT2D eigenvalue weighted by molar-refractivity contribution is 8.18. The van der Waals surface area contributed by atoms with Crippen LogP contribution in [-0.4, -0.2) is 60.2 Å². The maximum Gasteiger partial charge on any atom is 0.286 e. The molecule has 0 aliphatic carbocycles. The minimum Gasteiger partial charge on any atom is -0.497 e. The molecule has 1 aromatic rings. The van der Waals surface area contributed by atoms with Gasteiger partial charge in [-0.25, -0.2) is 0 Å². The number of ether oxygens (including phenoxy) is 1. The van der Waals surface area contributed by atoms with E-state index in [0.717, 1.165) is 36.1 Å². The van der Waals surface area contributed by atoms with Gasteiger partial charge in [-0.15, -0.1) is 0 Å². The number of carbonyl (C=O) groups is 1. The van der Waals surface area contributed by atoms with Crippen LogP contribution in [0.25, 0.3) is 6.08 Å². The van der Waals surface area contributed by atoms with Crippen molar-refractivity contribution in [1.29, 1.82) is 0 Å².